The van der Waals surface area contributed by atoms with Gasteiger partial charge in [-0.05, 0) is 59.8 Å². The second-order valence-electron chi connectivity index (χ2n) is 5.60. The Morgan fingerprint density at radius 2 is 1.24 bits per heavy atom. The summed E-state index contributed by atoms with van der Waals surface area (Å²) in [4.78, 5) is 2.00. The third kappa shape index (κ3) is 66.1. The lowest BCUT2D eigenvalue weighted by atomic mass is 10.1. The van der Waals surface area contributed by atoms with E-state index in [0.717, 1.165) is 19.3 Å². The molecule has 0 rings (SSSR count). The van der Waals surface area contributed by atoms with Crippen molar-refractivity contribution in [1.82, 2.24) is 4.90 Å². The van der Waals surface area contributed by atoms with E-state index in [9.17, 15) is 0 Å². The molecule has 0 aliphatic heterocycles. The zero-order chi connectivity index (χ0) is 24.5. The van der Waals surface area contributed by atoms with Crippen LogP contribution in [0.4, 0.5) is 0 Å². The molecule has 0 aliphatic rings. The van der Waals surface area contributed by atoms with Gasteiger partial charge in [-0.1, -0.05) is 123 Å². The summed E-state index contributed by atoms with van der Waals surface area (Å²) in [7, 11) is 6.00. The van der Waals surface area contributed by atoms with Crippen LogP contribution < -0.4 is 0 Å². The maximum Gasteiger partial charge on any atom is -0.0140 e. The first kappa shape index (κ1) is 41.9. The van der Waals surface area contributed by atoms with Gasteiger partial charge in [-0.2, -0.15) is 0 Å². The fourth-order valence-corrected chi connectivity index (χ4v) is 1.57. The van der Waals surface area contributed by atoms with Crippen LogP contribution in [0.25, 0.3) is 0 Å². The topological polar surface area (TPSA) is 3.24 Å². The van der Waals surface area contributed by atoms with Gasteiger partial charge in [0, 0.05) is 0 Å². The number of hydrogen-bond acceptors (Lipinski definition) is 1. The molecule has 1 nitrogen and oxygen atoms in total. The van der Waals surface area contributed by atoms with E-state index in [4.69, 9.17) is 0 Å². The average molecular weight is 410 g/mol. The molecule has 0 aromatic heterocycles. The summed E-state index contributed by atoms with van der Waals surface area (Å²) >= 11 is 0. The monoisotopic (exact) mass is 409 g/mol. The Morgan fingerprint density at radius 1 is 0.793 bits per heavy atom. The Hall–Kier alpha value is -1.34. The second kappa shape index (κ2) is 50.4. The molecule has 0 spiro atoms. The molecule has 176 valence electrons. The molecular weight excluding hydrogens is 350 g/mol. The SMILES string of the molecule is C/C=C\C(=C/CC)CC.C=C/C(=C/C=CC)CCC.CC.CC.CC.CN(C)C. The van der Waals surface area contributed by atoms with Crippen molar-refractivity contribution in [3.05, 3.63) is 60.3 Å². The molecule has 0 atom stereocenters. The maximum absolute atomic E-state index is 3.73. The molecule has 29 heavy (non-hydrogen) atoms. The van der Waals surface area contributed by atoms with Gasteiger partial charge >= 0.3 is 0 Å². The van der Waals surface area contributed by atoms with Gasteiger partial charge in [0.1, 0.15) is 0 Å². The van der Waals surface area contributed by atoms with E-state index in [1.807, 2.05) is 92.7 Å². The van der Waals surface area contributed by atoms with Crippen LogP contribution >= 0.6 is 0 Å². The first-order valence-electron chi connectivity index (χ1n) is 11.8. The summed E-state index contributed by atoms with van der Waals surface area (Å²) < 4.78 is 0. The summed E-state index contributed by atoms with van der Waals surface area (Å²) in [6.45, 7) is 26.3. The van der Waals surface area contributed by atoms with Gasteiger partial charge in [-0.25, -0.2) is 0 Å². The summed E-state index contributed by atoms with van der Waals surface area (Å²) in [5, 5.41) is 0. The summed E-state index contributed by atoms with van der Waals surface area (Å²) in [5.74, 6) is 0. The molecule has 0 unspecified atom stereocenters. The van der Waals surface area contributed by atoms with Crippen LogP contribution in [0.5, 0.6) is 0 Å². The van der Waals surface area contributed by atoms with Crippen molar-refractivity contribution >= 4 is 0 Å². The number of hydrogen-bond donors (Lipinski definition) is 0. The lowest BCUT2D eigenvalue weighted by molar-refractivity contribution is 0.505. The predicted octanol–water partition coefficient (Wildman–Crippen LogP) is 10.0. The molecule has 0 aromatic carbocycles. The number of allylic oxidation sites excluding steroid dienone is 9. The van der Waals surface area contributed by atoms with Crippen molar-refractivity contribution in [3.8, 4) is 0 Å². The molecule has 0 fully saturated rings. The maximum atomic E-state index is 3.73. The van der Waals surface area contributed by atoms with Gasteiger partial charge in [-0.15, -0.1) is 0 Å². The Bertz CT molecular complexity index is 352. The standard InChI is InChI=1S/C10H16.C9H16.C3H9N.3C2H6/c1-4-7-9-10(6-3)8-5-2;1-4-7-9(6-3)8-5-2;1-4(2)3;3*1-2/h4,6-7,9H,3,5,8H2,1-2H3;4,7-8H,5-6H2,1-3H3;1-3H3;3*1-2H3/b7-4?,10-9-;7-4-,9-8-;;;;. The van der Waals surface area contributed by atoms with Gasteiger partial charge in [-0.3, -0.25) is 0 Å². The van der Waals surface area contributed by atoms with Crippen LogP contribution in [0, 0.1) is 0 Å². The summed E-state index contributed by atoms with van der Waals surface area (Å²) in [5.41, 5.74) is 2.76. The highest BCUT2D eigenvalue weighted by Crippen LogP contribution is 2.05. The molecule has 0 bridgehead atoms. The highest BCUT2D eigenvalue weighted by atomic mass is 15.0. The lowest BCUT2D eigenvalue weighted by Gasteiger charge is -1.94. The molecule has 0 heterocycles. The zero-order valence-corrected chi connectivity index (χ0v) is 23.0. The minimum Gasteiger partial charge on any atom is -0.312 e. The lowest BCUT2D eigenvalue weighted by Crippen LogP contribution is -1.99. The van der Waals surface area contributed by atoms with Gasteiger partial charge < -0.3 is 4.90 Å². The first-order valence-corrected chi connectivity index (χ1v) is 11.8. The normalized spacial score (nSPS) is 10.2. The zero-order valence-electron chi connectivity index (χ0n) is 23.0. The van der Waals surface area contributed by atoms with E-state index in [1.165, 1.54) is 17.6 Å². The molecule has 0 aliphatic carbocycles. The van der Waals surface area contributed by atoms with Crippen LogP contribution in [0.3, 0.4) is 0 Å². The molecule has 0 amide bonds. The fourth-order valence-electron chi connectivity index (χ4n) is 1.57. The van der Waals surface area contributed by atoms with E-state index in [-0.39, 0.29) is 0 Å². The Balaban J connectivity index is -0.0000000635. The molecule has 0 aromatic rings. The van der Waals surface area contributed by atoms with E-state index in [2.05, 4.69) is 58.6 Å². The molecule has 0 radical (unpaired) electrons. The van der Waals surface area contributed by atoms with Gasteiger partial charge in [0.05, 0.1) is 0 Å². The Morgan fingerprint density at radius 3 is 1.48 bits per heavy atom. The van der Waals surface area contributed by atoms with E-state index >= 15 is 0 Å². The second-order valence-corrected chi connectivity index (χ2v) is 5.60. The number of rotatable bonds is 7. The molecule has 0 saturated carbocycles. The largest absolute Gasteiger partial charge is 0.312 e. The number of nitrogens with zero attached hydrogens (tertiary/aromatic N) is 1. The van der Waals surface area contributed by atoms with Crippen LogP contribution in [-0.2, 0) is 0 Å². The molecule has 0 N–H and O–H groups in total. The van der Waals surface area contributed by atoms with Crippen molar-refractivity contribution in [2.45, 2.75) is 102 Å². The molecule has 1 heteroatoms. The van der Waals surface area contributed by atoms with Crippen LogP contribution in [0.1, 0.15) is 102 Å². The molecule has 0 saturated heterocycles. The summed E-state index contributed by atoms with van der Waals surface area (Å²) in [6.07, 6.45) is 19.2. The highest BCUT2D eigenvalue weighted by molar-refractivity contribution is 5.21. The molecular formula is C28H59N. The predicted molar refractivity (Wildman–Crippen MR) is 145 cm³/mol. The highest BCUT2D eigenvalue weighted by Gasteiger charge is 1.85. The minimum atomic E-state index is 1.13. The minimum absolute atomic E-state index is 1.13. The first-order chi connectivity index (χ1) is 13.9. The van der Waals surface area contributed by atoms with E-state index < -0.39 is 0 Å². The smallest absolute Gasteiger partial charge is 0.0140 e. The van der Waals surface area contributed by atoms with Crippen molar-refractivity contribution in [1.29, 1.82) is 0 Å². The summed E-state index contributed by atoms with van der Waals surface area (Å²) in [6, 6.07) is 0. The fraction of sp³-hybridized carbons (Fsp3) is 0.643. The van der Waals surface area contributed by atoms with Crippen LogP contribution in [0.2, 0.25) is 0 Å². The van der Waals surface area contributed by atoms with Crippen molar-refractivity contribution in [3.63, 3.8) is 0 Å². The van der Waals surface area contributed by atoms with Crippen molar-refractivity contribution in [2.24, 2.45) is 0 Å². The quantitative estimate of drug-likeness (QED) is 0.378. The van der Waals surface area contributed by atoms with E-state index in [1.54, 1.807) is 0 Å². The third-order valence-electron chi connectivity index (χ3n) is 2.56. The van der Waals surface area contributed by atoms with Crippen LogP contribution in [0.15, 0.2) is 60.3 Å². The van der Waals surface area contributed by atoms with Gasteiger partial charge in [0.15, 0.2) is 0 Å². The van der Waals surface area contributed by atoms with Crippen molar-refractivity contribution in [2.75, 3.05) is 21.1 Å². The van der Waals surface area contributed by atoms with Gasteiger partial charge in [0.2, 0.25) is 0 Å². The average Bonchev–Trinajstić information content (AvgIpc) is 2.75. The third-order valence-corrected chi connectivity index (χ3v) is 2.56. The Kier molecular flexibility index (Phi) is 72.8. The van der Waals surface area contributed by atoms with Gasteiger partial charge in [0.25, 0.3) is 0 Å². The van der Waals surface area contributed by atoms with Crippen molar-refractivity contribution < 1.29 is 0 Å². The Labute approximate surface area is 188 Å². The van der Waals surface area contributed by atoms with E-state index in [0.29, 0.717) is 0 Å². The van der Waals surface area contributed by atoms with Crippen LogP contribution in [-0.4, -0.2) is 26.0 Å².